The Morgan fingerprint density at radius 1 is 1.29 bits per heavy atom. The first kappa shape index (κ1) is 11.2. The number of nitrogens with zero attached hydrogens (tertiary/aromatic N) is 1. The highest BCUT2D eigenvalue weighted by atomic mass is 14.7. The van der Waals surface area contributed by atoms with Crippen molar-refractivity contribution in [2.24, 2.45) is 0 Å². The Hall–Kier alpha value is -0.850. The van der Waals surface area contributed by atoms with Crippen molar-refractivity contribution in [2.75, 3.05) is 0 Å². The van der Waals surface area contributed by atoms with Gasteiger partial charge in [-0.1, -0.05) is 26.7 Å². The molecular formula is C13H21N. The normalized spacial score (nSPS) is 12.9. The van der Waals surface area contributed by atoms with Gasteiger partial charge in [0, 0.05) is 11.4 Å². The van der Waals surface area contributed by atoms with Crippen LogP contribution in [0.4, 0.5) is 0 Å². The zero-order valence-electron chi connectivity index (χ0n) is 9.80. The van der Waals surface area contributed by atoms with Gasteiger partial charge in [0.2, 0.25) is 0 Å². The van der Waals surface area contributed by atoms with Crippen LogP contribution in [0.5, 0.6) is 0 Å². The van der Waals surface area contributed by atoms with Gasteiger partial charge in [-0.15, -0.1) is 0 Å². The van der Waals surface area contributed by atoms with E-state index in [0.29, 0.717) is 5.92 Å². The lowest BCUT2D eigenvalue weighted by atomic mass is 9.99. The van der Waals surface area contributed by atoms with Gasteiger partial charge in [0.15, 0.2) is 0 Å². The summed E-state index contributed by atoms with van der Waals surface area (Å²) in [5.41, 5.74) is 3.73. The maximum atomic E-state index is 4.59. The van der Waals surface area contributed by atoms with Crippen LogP contribution in [0.3, 0.4) is 0 Å². The minimum Gasteiger partial charge on any atom is -0.258 e. The topological polar surface area (TPSA) is 12.9 Å². The van der Waals surface area contributed by atoms with Gasteiger partial charge >= 0.3 is 0 Å². The third-order valence-corrected chi connectivity index (χ3v) is 2.61. The zero-order chi connectivity index (χ0) is 10.6. The van der Waals surface area contributed by atoms with Gasteiger partial charge in [0.05, 0.1) is 0 Å². The minimum atomic E-state index is 0.605. The molecule has 1 nitrogen and oxygen atoms in total. The second kappa shape index (κ2) is 5.14. The summed E-state index contributed by atoms with van der Waals surface area (Å²) in [6, 6.07) is 4.35. The summed E-state index contributed by atoms with van der Waals surface area (Å²) in [6.07, 6.45) is 3.83. The van der Waals surface area contributed by atoms with Gasteiger partial charge in [-0.25, -0.2) is 0 Å². The fraction of sp³-hybridized carbons (Fsp3) is 0.615. The first-order valence-corrected chi connectivity index (χ1v) is 5.58. The maximum absolute atomic E-state index is 4.59. The molecule has 1 aromatic heterocycles. The predicted octanol–water partition coefficient (Wildman–Crippen LogP) is 3.99. The molecule has 1 heteroatoms. The molecule has 1 heterocycles. The summed E-state index contributed by atoms with van der Waals surface area (Å²) < 4.78 is 0. The lowest BCUT2D eigenvalue weighted by Gasteiger charge is -2.11. The molecule has 0 spiro atoms. The van der Waals surface area contributed by atoms with Crippen molar-refractivity contribution < 1.29 is 0 Å². The molecule has 14 heavy (non-hydrogen) atoms. The van der Waals surface area contributed by atoms with Gasteiger partial charge < -0.3 is 0 Å². The number of aryl methyl sites for hydroxylation is 2. The van der Waals surface area contributed by atoms with E-state index in [1.165, 1.54) is 30.5 Å². The van der Waals surface area contributed by atoms with Gasteiger partial charge in [0.25, 0.3) is 0 Å². The molecule has 78 valence electrons. The molecule has 1 atom stereocenters. The van der Waals surface area contributed by atoms with E-state index in [1.807, 2.05) is 0 Å². The lowest BCUT2D eigenvalue weighted by Crippen LogP contribution is -1.99. The SMILES string of the molecule is CCCC[C@H](C)c1cc(C)cc(C)n1. The molecule has 0 bridgehead atoms. The first-order valence-electron chi connectivity index (χ1n) is 5.58. The van der Waals surface area contributed by atoms with E-state index in [0.717, 1.165) is 5.69 Å². The second-order valence-corrected chi connectivity index (χ2v) is 4.25. The molecule has 0 N–H and O–H groups in total. The van der Waals surface area contributed by atoms with Crippen molar-refractivity contribution in [3.63, 3.8) is 0 Å². The molecule has 0 radical (unpaired) electrons. The van der Waals surface area contributed by atoms with E-state index in [4.69, 9.17) is 0 Å². The van der Waals surface area contributed by atoms with Crippen LogP contribution in [0.25, 0.3) is 0 Å². The molecule has 0 saturated carbocycles. The van der Waals surface area contributed by atoms with Gasteiger partial charge in [-0.3, -0.25) is 4.98 Å². The van der Waals surface area contributed by atoms with Crippen molar-refractivity contribution in [3.05, 3.63) is 29.1 Å². The average molecular weight is 191 g/mol. The Kier molecular flexibility index (Phi) is 4.12. The largest absolute Gasteiger partial charge is 0.258 e. The first-order chi connectivity index (χ1) is 6.63. The van der Waals surface area contributed by atoms with E-state index in [9.17, 15) is 0 Å². The number of hydrogen-bond acceptors (Lipinski definition) is 1. The molecule has 0 aliphatic heterocycles. The van der Waals surface area contributed by atoms with E-state index in [-0.39, 0.29) is 0 Å². The number of aromatic nitrogens is 1. The fourth-order valence-electron chi connectivity index (χ4n) is 1.78. The number of hydrogen-bond donors (Lipinski definition) is 0. The van der Waals surface area contributed by atoms with Crippen LogP contribution >= 0.6 is 0 Å². The third-order valence-electron chi connectivity index (χ3n) is 2.61. The van der Waals surface area contributed by atoms with Crippen LogP contribution in [0.2, 0.25) is 0 Å². The highest BCUT2D eigenvalue weighted by Crippen LogP contribution is 2.20. The summed E-state index contributed by atoms with van der Waals surface area (Å²) in [4.78, 5) is 4.59. The molecule has 0 saturated heterocycles. The molecule has 1 rings (SSSR count). The minimum absolute atomic E-state index is 0.605. The second-order valence-electron chi connectivity index (χ2n) is 4.25. The number of rotatable bonds is 4. The van der Waals surface area contributed by atoms with Crippen molar-refractivity contribution in [1.82, 2.24) is 4.98 Å². The molecule has 0 fully saturated rings. The van der Waals surface area contributed by atoms with Crippen LogP contribution in [0.15, 0.2) is 12.1 Å². The molecule has 0 aromatic carbocycles. The highest BCUT2D eigenvalue weighted by Gasteiger charge is 2.07. The zero-order valence-corrected chi connectivity index (χ0v) is 9.80. The number of unbranched alkanes of at least 4 members (excludes halogenated alkanes) is 1. The number of pyridine rings is 1. The van der Waals surface area contributed by atoms with Gasteiger partial charge in [-0.2, -0.15) is 0 Å². The Bertz CT molecular complexity index is 271. The smallest absolute Gasteiger partial charge is 0.0437 e. The van der Waals surface area contributed by atoms with Crippen molar-refractivity contribution >= 4 is 0 Å². The molecule has 0 aliphatic carbocycles. The molecule has 0 aliphatic rings. The predicted molar refractivity (Wildman–Crippen MR) is 61.7 cm³/mol. The Balaban J connectivity index is 2.73. The van der Waals surface area contributed by atoms with Crippen molar-refractivity contribution in [1.29, 1.82) is 0 Å². The molecule has 1 aromatic rings. The van der Waals surface area contributed by atoms with Crippen LogP contribution in [0, 0.1) is 13.8 Å². The molecule has 0 unspecified atom stereocenters. The van der Waals surface area contributed by atoms with E-state index >= 15 is 0 Å². The Morgan fingerprint density at radius 2 is 2.00 bits per heavy atom. The summed E-state index contributed by atoms with van der Waals surface area (Å²) in [6.45, 7) is 8.73. The maximum Gasteiger partial charge on any atom is 0.0437 e. The van der Waals surface area contributed by atoms with Crippen molar-refractivity contribution in [2.45, 2.75) is 52.9 Å². The fourth-order valence-corrected chi connectivity index (χ4v) is 1.78. The van der Waals surface area contributed by atoms with E-state index in [2.05, 4.69) is 44.8 Å². The average Bonchev–Trinajstić information content (AvgIpc) is 2.12. The summed E-state index contributed by atoms with van der Waals surface area (Å²) >= 11 is 0. The summed E-state index contributed by atoms with van der Waals surface area (Å²) in [7, 11) is 0. The Morgan fingerprint density at radius 3 is 2.57 bits per heavy atom. The van der Waals surface area contributed by atoms with Gasteiger partial charge in [0.1, 0.15) is 0 Å². The van der Waals surface area contributed by atoms with Crippen LogP contribution in [0.1, 0.15) is 56.0 Å². The standard InChI is InChI=1S/C13H21N/c1-5-6-7-11(3)13-9-10(2)8-12(4)14-13/h8-9,11H,5-7H2,1-4H3/t11-/m0/s1. The van der Waals surface area contributed by atoms with Crippen LogP contribution in [-0.4, -0.2) is 4.98 Å². The van der Waals surface area contributed by atoms with Gasteiger partial charge in [-0.05, 0) is 43.9 Å². The van der Waals surface area contributed by atoms with Crippen LogP contribution < -0.4 is 0 Å². The monoisotopic (exact) mass is 191 g/mol. The summed E-state index contributed by atoms with van der Waals surface area (Å²) in [5.74, 6) is 0.605. The third kappa shape index (κ3) is 3.13. The summed E-state index contributed by atoms with van der Waals surface area (Å²) in [5, 5.41) is 0. The lowest BCUT2D eigenvalue weighted by molar-refractivity contribution is 0.609. The molecule has 0 amide bonds. The Labute approximate surface area is 87.6 Å². The highest BCUT2D eigenvalue weighted by molar-refractivity contribution is 5.21. The van der Waals surface area contributed by atoms with Crippen LogP contribution in [-0.2, 0) is 0 Å². The van der Waals surface area contributed by atoms with E-state index in [1.54, 1.807) is 0 Å². The van der Waals surface area contributed by atoms with E-state index < -0.39 is 0 Å². The van der Waals surface area contributed by atoms with Crippen molar-refractivity contribution in [3.8, 4) is 0 Å². The molecular weight excluding hydrogens is 170 g/mol. The quantitative estimate of drug-likeness (QED) is 0.701.